The van der Waals surface area contributed by atoms with E-state index in [1.807, 2.05) is 6.07 Å². The topological polar surface area (TPSA) is 173 Å². The first-order valence-electron chi connectivity index (χ1n) is 15.9. The van der Waals surface area contributed by atoms with Gasteiger partial charge in [0.1, 0.15) is 32.3 Å². The minimum Gasteiger partial charge on any atom is -0.869 e. The maximum atomic E-state index is 12.2. The van der Waals surface area contributed by atoms with Gasteiger partial charge in [-0.05, 0) is 91.1 Å². The van der Waals surface area contributed by atoms with Gasteiger partial charge in [0.2, 0.25) is 0 Å². The molecular weight excluding hydrogens is 697 g/mol. The summed E-state index contributed by atoms with van der Waals surface area (Å²) in [7, 11) is -9.38. The van der Waals surface area contributed by atoms with Crippen LogP contribution in [0.5, 0.6) is 34.5 Å². The van der Waals surface area contributed by atoms with Crippen LogP contribution in [0.15, 0.2) is 94.7 Å². The molecule has 0 aliphatic rings. The molecule has 260 valence electrons. The fraction of sp³-hybridized carbons (Fsp3) is 0.333. The summed E-state index contributed by atoms with van der Waals surface area (Å²) in [5.41, 5.74) is 1.31. The second kappa shape index (κ2) is 20.7. The zero-order valence-electron chi connectivity index (χ0n) is 27.8. The molecule has 0 aliphatic heterocycles. The predicted molar refractivity (Wildman–Crippen MR) is 186 cm³/mol. The Labute approximate surface area is 319 Å². The van der Waals surface area contributed by atoms with Crippen molar-refractivity contribution < 1.29 is 45.6 Å². The van der Waals surface area contributed by atoms with Crippen molar-refractivity contribution in [3.63, 3.8) is 0 Å². The van der Waals surface area contributed by atoms with Gasteiger partial charge in [0, 0.05) is 0 Å². The van der Waals surface area contributed by atoms with Gasteiger partial charge >= 0.3 is 37.7 Å². The summed E-state index contributed by atoms with van der Waals surface area (Å²) in [5, 5.41) is 22.4. The smallest absolute Gasteiger partial charge is 0.869 e. The summed E-state index contributed by atoms with van der Waals surface area (Å²) >= 11 is 0. The predicted octanol–water partition coefficient (Wildman–Crippen LogP) is 7.75. The standard InChI is InChI=1S/2C18H22O5S.Ca/c2*1-2-3-4-6-9-14-12-16(23-15-10-7-5-8-11-15)18(19)17(13-14)24(20,21)22;/h2*5,7-8,10-13,19H,2-4,6,9H2,1H3,(H,20,21,22);/q;;+2/p-2. The van der Waals surface area contributed by atoms with Crippen LogP contribution >= 0.6 is 0 Å². The van der Waals surface area contributed by atoms with E-state index in [0.717, 1.165) is 51.4 Å². The maximum Gasteiger partial charge on any atom is 2.00 e. The normalized spacial score (nSPS) is 11.2. The summed E-state index contributed by atoms with van der Waals surface area (Å²) in [6.45, 7) is 4.21. The number of phenolic OH excluding ortho intramolecular Hbond substituents is 1. The van der Waals surface area contributed by atoms with Gasteiger partial charge in [-0.15, -0.1) is 0 Å². The molecule has 0 saturated carbocycles. The Hall–Kier alpha value is -2.84. The van der Waals surface area contributed by atoms with Crippen molar-refractivity contribution in [2.45, 2.75) is 87.8 Å². The Bertz CT molecular complexity index is 1680. The number of ether oxygens (including phenoxy) is 2. The van der Waals surface area contributed by atoms with Crippen LogP contribution in [0.2, 0.25) is 0 Å². The number of hydrogen-bond donors (Lipinski definition) is 2. The molecular formula is C36H42CaO10S2. The third-order valence-corrected chi connectivity index (χ3v) is 9.02. The van der Waals surface area contributed by atoms with E-state index in [1.54, 1.807) is 60.7 Å². The summed E-state index contributed by atoms with van der Waals surface area (Å²) in [4.78, 5) is -1.28. The van der Waals surface area contributed by atoms with Crippen LogP contribution in [0, 0.1) is 0 Å². The first kappa shape index (κ1) is 42.3. The minimum absolute atomic E-state index is 0. The van der Waals surface area contributed by atoms with Crippen molar-refractivity contribution in [1.82, 2.24) is 0 Å². The van der Waals surface area contributed by atoms with Gasteiger partial charge in [-0.3, -0.25) is 4.55 Å². The van der Waals surface area contributed by atoms with Crippen molar-refractivity contribution in [1.29, 1.82) is 0 Å². The average molecular weight is 739 g/mol. The zero-order chi connectivity index (χ0) is 35.2. The van der Waals surface area contributed by atoms with Crippen LogP contribution in [0.3, 0.4) is 0 Å². The molecule has 10 nitrogen and oxygen atoms in total. The van der Waals surface area contributed by atoms with Crippen LogP contribution in [0.4, 0.5) is 0 Å². The molecule has 0 bridgehead atoms. The van der Waals surface area contributed by atoms with Gasteiger partial charge < -0.3 is 24.2 Å². The monoisotopic (exact) mass is 738 g/mol. The van der Waals surface area contributed by atoms with Gasteiger partial charge in [0.15, 0.2) is 11.5 Å². The number of rotatable bonds is 16. The Morgan fingerprint density at radius 2 is 1.06 bits per heavy atom. The number of benzene rings is 4. The average Bonchev–Trinajstić information content (AvgIpc) is 3.04. The second-order valence-electron chi connectivity index (χ2n) is 11.2. The molecule has 0 aromatic heterocycles. The molecule has 0 atom stereocenters. The summed E-state index contributed by atoms with van der Waals surface area (Å²) < 4.78 is 77.6. The first-order valence-corrected chi connectivity index (χ1v) is 18.8. The van der Waals surface area contributed by atoms with Gasteiger partial charge in [-0.1, -0.05) is 88.8 Å². The van der Waals surface area contributed by atoms with Crippen molar-refractivity contribution in [2.75, 3.05) is 0 Å². The van der Waals surface area contributed by atoms with Crippen LogP contribution in [-0.4, -0.2) is 68.8 Å². The number of phenols is 1. The Morgan fingerprint density at radius 1 is 0.633 bits per heavy atom. The Morgan fingerprint density at radius 3 is 1.49 bits per heavy atom. The molecule has 0 radical (unpaired) electrons. The first-order chi connectivity index (χ1) is 22.8. The molecule has 0 aliphatic carbocycles. The summed E-state index contributed by atoms with van der Waals surface area (Å²) in [6.07, 6.45) is 9.41. The molecule has 4 rings (SSSR count). The largest absolute Gasteiger partial charge is 2.00 e. The number of para-hydroxylation sites is 2. The van der Waals surface area contributed by atoms with Gasteiger partial charge in [0.05, 0.1) is 4.90 Å². The van der Waals surface area contributed by atoms with Crippen LogP contribution < -0.4 is 14.6 Å². The van der Waals surface area contributed by atoms with E-state index < -0.39 is 41.5 Å². The van der Waals surface area contributed by atoms with E-state index >= 15 is 0 Å². The molecule has 0 fully saturated rings. The Balaban J connectivity index is 0.000000333. The molecule has 0 saturated heterocycles. The van der Waals surface area contributed by atoms with Crippen LogP contribution in [0.25, 0.3) is 0 Å². The SMILES string of the molecule is CCCCCCc1cc(Oc2ccccc2)c(O)c(S(=O)(=O)O)c1.CCCCCCc1cc(Oc2ccccc2)c([O-])c(S(=O)(=O)[O-])c1.[Ca+2]. The van der Waals surface area contributed by atoms with E-state index in [2.05, 4.69) is 13.8 Å². The quantitative estimate of drug-likeness (QED) is 0.0657. The van der Waals surface area contributed by atoms with E-state index in [4.69, 9.17) is 9.47 Å². The van der Waals surface area contributed by atoms with Crippen molar-refractivity contribution in [3.8, 4) is 34.5 Å². The fourth-order valence-corrected chi connectivity index (χ4v) is 6.10. The van der Waals surface area contributed by atoms with Gasteiger partial charge in [0.25, 0.3) is 10.1 Å². The molecule has 4 aromatic rings. The third-order valence-electron chi connectivity index (χ3n) is 7.31. The molecule has 0 heterocycles. The number of unbranched alkanes of at least 4 members (excludes halogenated alkanes) is 6. The summed E-state index contributed by atoms with van der Waals surface area (Å²) in [5.74, 6) is -0.723. The van der Waals surface area contributed by atoms with Gasteiger partial charge in [-0.25, -0.2) is 8.42 Å². The zero-order valence-corrected chi connectivity index (χ0v) is 31.7. The number of aromatic hydroxyl groups is 1. The van der Waals surface area contributed by atoms with E-state index in [-0.39, 0.29) is 49.2 Å². The van der Waals surface area contributed by atoms with Crippen molar-refractivity contribution in [3.05, 3.63) is 96.1 Å². The Kier molecular flexibility index (Phi) is 17.9. The second-order valence-corrected chi connectivity index (χ2v) is 14.0. The molecule has 0 amide bonds. The fourth-order valence-electron chi connectivity index (χ4n) is 4.83. The van der Waals surface area contributed by atoms with Crippen molar-refractivity contribution >= 4 is 58.0 Å². The molecule has 0 spiro atoms. The van der Waals surface area contributed by atoms with Crippen LogP contribution in [-0.2, 0) is 33.1 Å². The molecule has 0 unspecified atom stereocenters. The number of hydrogen-bond acceptors (Lipinski definition) is 9. The third kappa shape index (κ3) is 14.1. The van der Waals surface area contributed by atoms with Crippen LogP contribution in [0.1, 0.15) is 76.3 Å². The van der Waals surface area contributed by atoms with E-state index in [1.165, 1.54) is 18.2 Å². The summed E-state index contributed by atoms with van der Waals surface area (Å²) in [6, 6.07) is 22.9. The van der Waals surface area contributed by atoms with E-state index in [9.17, 15) is 36.2 Å². The van der Waals surface area contributed by atoms with Gasteiger partial charge in [-0.2, -0.15) is 8.42 Å². The van der Waals surface area contributed by atoms with E-state index in [0.29, 0.717) is 35.5 Å². The number of aryl methyl sites for hydroxylation is 2. The molecule has 2 N–H and O–H groups in total. The maximum absolute atomic E-state index is 12.2. The molecule has 4 aromatic carbocycles. The molecule has 13 heteroatoms. The van der Waals surface area contributed by atoms with Crippen molar-refractivity contribution in [2.24, 2.45) is 0 Å². The molecule has 49 heavy (non-hydrogen) atoms. The minimum atomic E-state index is -4.85.